The van der Waals surface area contributed by atoms with Gasteiger partial charge in [-0.25, -0.2) is 0 Å². The van der Waals surface area contributed by atoms with Crippen LogP contribution in [0.2, 0.25) is 0 Å². The van der Waals surface area contributed by atoms with E-state index in [-0.39, 0.29) is 11.8 Å². The molecule has 28 heavy (non-hydrogen) atoms. The summed E-state index contributed by atoms with van der Waals surface area (Å²) in [7, 11) is 1.59. The molecule has 0 saturated carbocycles. The van der Waals surface area contributed by atoms with Gasteiger partial charge in [0.2, 0.25) is 0 Å². The monoisotopic (exact) mass is 374 g/mol. The molecular formula is C23H22N2O3. The van der Waals surface area contributed by atoms with Gasteiger partial charge in [0, 0.05) is 28.9 Å². The minimum absolute atomic E-state index is 0.253. The zero-order valence-electron chi connectivity index (χ0n) is 15.9. The van der Waals surface area contributed by atoms with Crippen molar-refractivity contribution < 1.29 is 14.3 Å². The zero-order chi connectivity index (χ0) is 19.9. The van der Waals surface area contributed by atoms with Gasteiger partial charge in [0.25, 0.3) is 11.8 Å². The van der Waals surface area contributed by atoms with E-state index < -0.39 is 0 Å². The summed E-state index contributed by atoms with van der Waals surface area (Å²) in [5.74, 6) is 0.208. The van der Waals surface area contributed by atoms with Crippen molar-refractivity contribution in [2.24, 2.45) is 0 Å². The zero-order valence-corrected chi connectivity index (χ0v) is 15.9. The molecule has 0 radical (unpaired) electrons. The minimum atomic E-state index is -0.256. The second kappa shape index (κ2) is 8.86. The summed E-state index contributed by atoms with van der Waals surface area (Å²) >= 11 is 0. The Morgan fingerprint density at radius 2 is 1.54 bits per heavy atom. The van der Waals surface area contributed by atoms with Crippen LogP contribution in [0, 0.1) is 6.92 Å². The topological polar surface area (TPSA) is 67.4 Å². The summed E-state index contributed by atoms with van der Waals surface area (Å²) in [6.07, 6.45) is 0. The molecule has 0 aliphatic rings. The number of amides is 2. The van der Waals surface area contributed by atoms with Crippen molar-refractivity contribution in [3.63, 3.8) is 0 Å². The number of benzene rings is 3. The van der Waals surface area contributed by atoms with Gasteiger partial charge in [-0.15, -0.1) is 0 Å². The SMILES string of the molecule is COc1ccccc1CNC(=O)c1cccc(C(=O)Nc2ccccc2C)c1. The molecule has 0 bridgehead atoms. The van der Waals surface area contributed by atoms with Gasteiger partial charge >= 0.3 is 0 Å². The predicted molar refractivity (Wildman–Crippen MR) is 110 cm³/mol. The third-order valence-corrected chi connectivity index (χ3v) is 4.41. The number of carbonyl (C=O) groups is 2. The van der Waals surface area contributed by atoms with Crippen LogP contribution in [-0.2, 0) is 6.54 Å². The van der Waals surface area contributed by atoms with E-state index in [1.54, 1.807) is 31.4 Å². The van der Waals surface area contributed by atoms with Gasteiger partial charge < -0.3 is 15.4 Å². The molecule has 3 rings (SSSR count). The van der Waals surface area contributed by atoms with E-state index >= 15 is 0 Å². The summed E-state index contributed by atoms with van der Waals surface area (Å²) in [6.45, 7) is 2.26. The van der Waals surface area contributed by atoms with Crippen molar-refractivity contribution in [1.82, 2.24) is 5.32 Å². The van der Waals surface area contributed by atoms with Crippen molar-refractivity contribution in [2.45, 2.75) is 13.5 Å². The number of nitrogens with one attached hydrogen (secondary N) is 2. The minimum Gasteiger partial charge on any atom is -0.496 e. The first-order chi connectivity index (χ1) is 13.6. The van der Waals surface area contributed by atoms with Gasteiger partial charge in [-0.2, -0.15) is 0 Å². The number of carbonyl (C=O) groups excluding carboxylic acids is 2. The van der Waals surface area contributed by atoms with Crippen LogP contribution >= 0.6 is 0 Å². The molecule has 5 heteroatoms. The maximum Gasteiger partial charge on any atom is 0.255 e. The number of aryl methyl sites for hydroxylation is 1. The molecule has 5 nitrogen and oxygen atoms in total. The largest absolute Gasteiger partial charge is 0.496 e. The lowest BCUT2D eigenvalue weighted by molar-refractivity contribution is 0.0950. The van der Waals surface area contributed by atoms with Crippen molar-refractivity contribution >= 4 is 17.5 Å². The first-order valence-corrected chi connectivity index (χ1v) is 8.95. The lowest BCUT2D eigenvalue weighted by atomic mass is 10.1. The van der Waals surface area contributed by atoms with Crippen molar-refractivity contribution in [3.05, 3.63) is 95.1 Å². The Bertz CT molecular complexity index is 998. The van der Waals surface area contributed by atoms with Crippen LogP contribution in [0.3, 0.4) is 0 Å². The number of methoxy groups -OCH3 is 1. The number of anilines is 1. The summed E-state index contributed by atoms with van der Waals surface area (Å²) in [5, 5.41) is 5.74. The standard InChI is InChI=1S/C23H22N2O3/c1-16-8-3-5-12-20(16)25-23(27)18-11-7-10-17(14-18)22(26)24-15-19-9-4-6-13-21(19)28-2/h3-14H,15H2,1-2H3,(H,24,26)(H,25,27). The molecule has 2 N–H and O–H groups in total. The van der Waals surface area contributed by atoms with Gasteiger partial charge in [0.1, 0.15) is 5.75 Å². The van der Waals surface area contributed by atoms with E-state index in [9.17, 15) is 9.59 Å². The fraction of sp³-hybridized carbons (Fsp3) is 0.130. The first-order valence-electron chi connectivity index (χ1n) is 8.95. The number of ether oxygens (including phenoxy) is 1. The van der Waals surface area contributed by atoms with Gasteiger partial charge in [0.15, 0.2) is 0 Å². The van der Waals surface area contributed by atoms with E-state index in [0.717, 1.165) is 16.8 Å². The number of rotatable bonds is 6. The molecule has 0 spiro atoms. The highest BCUT2D eigenvalue weighted by Crippen LogP contribution is 2.18. The Hall–Kier alpha value is -3.60. The molecule has 0 aromatic heterocycles. The van der Waals surface area contributed by atoms with Crippen LogP contribution in [0.4, 0.5) is 5.69 Å². The van der Waals surface area contributed by atoms with Gasteiger partial charge in [-0.05, 0) is 42.8 Å². The van der Waals surface area contributed by atoms with Crippen molar-refractivity contribution in [2.75, 3.05) is 12.4 Å². The number of hydrogen-bond acceptors (Lipinski definition) is 3. The average Bonchev–Trinajstić information content (AvgIpc) is 2.74. The maximum atomic E-state index is 12.5. The molecular weight excluding hydrogens is 352 g/mol. The Morgan fingerprint density at radius 1 is 0.857 bits per heavy atom. The molecule has 2 amide bonds. The quantitative estimate of drug-likeness (QED) is 0.680. The van der Waals surface area contributed by atoms with E-state index in [2.05, 4.69) is 10.6 Å². The lowest BCUT2D eigenvalue weighted by Gasteiger charge is -2.11. The predicted octanol–water partition coefficient (Wildman–Crippen LogP) is 4.19. The molecule has 0 fully saturated rings. The summed E-state index contributed by atoms with van der Waals surface area (Å²) in [6, 6.07) is 21.7. The van der Waals surface area contributed by atoms with E-state index in [4.69, 9.17) is 4.74 Å². The van der Waals surface area contributed by atoms with Crippen LogP contribution in [0.5, 0.6) is 5.75 Å². The molecule has 142 valence electrons. The molecule has 0 unspecified atom stereocenters. The van der Waals surface area contributed by atoms with E-state index in [0.29, 0.717) is 23.4 Å². The second-order valence-corrected chi connectivity index (χ2v) is 6.34. The number of hydrogen-bond donors (Lipinski definition) is 2. The highest BCUT2D eigenvalue weighted by Gasteiger charge is 2.12. The summed E-state index contributed by atoms with van der Waals surface area (Å²) < 4.78 is 5.30. The normalized spacial score (nSPS) is 10.2. The van der Waals surface area contributed by atoms with Gasteiger partial charge in [-0.1, -0.05) is 42.5 Å². The van der Waals surface area contributed by atoms with Crippen LogP contribution in [0.15, 0.2) is 72.8 Å². The van der Waals surface area contributed by atoms with Gasteiger partial charge in [0.05, 0.1) is 7.11 Å². The molecule has 0 aliphatic heterocycles. The van der Waals surface area contributed by atoms with Crippen LogP contribution < -0.4 is 15.4 Å². The number of para-hydroxylation sites is 2. The molecule has 3 aromatic rings. The van der Waals surface area contributed by atoms with Crippen molar-refractivity contribution in [1.29, 1.82) is 0 Å². The fourth-order valence-electron chi connectivity index (χ4n) is 2.84. The van der Waals surface area contributed by atoms with Crippen LogP contribution in [0.1, 0.15) is 31.8 Å². The maximum absolute atomic E-state index is 12.5. The third kappa shape index (κ3) is 4.57. The Kier molecular flexibility index (Phi) is 6.07. The lowest BCUT2D eigenvalue weighted by Crippen LogP contribution is -2.23. The molecule has 0 heterocycles. The Balaban J connectivity index is 1.69. The molecule has 3 aromatic carbocycles. The second-order valence-electron chi connectivity index (χ2n) is 6.34. The fourth-order valence-corrected chi connectivity index (χ4v) is 2.84. The first kappa shape index (κ1) is 19.2. The van der Waals surface area contributed by atoms with Gasteiger partial charge in [-0.3, -0.25) is 9.59 Å². The Labute approximate surface area is 164 Å². The van der Waals surface area contributed by atoms with Crippen molar-refractivity contribution in [3.8, 4) is 5.75 Å². The van der Waals surface area contributed by atoms with E-state index in [1.807, 2.05) is 55.5 Å². The van der Waals surface area contributed by atoms with Crippen LogP contribution in [0.25, 0.3) is 0 Å². The van der Waals surface area contributed by atoms with E-state index in [1.165, 1.54) is 0 Å². The molecule has 0 atom stereocenters. The Morgan fingerprint density at radius 3 is 2.29 bits per heavy atom. The average molecular weight is 374 g/mol. The smallest absolute Gasteiger partial charge is 0.255 e. The highest BCUT2D eigenvalue weighted by molar-refractivity contribution is 6.06. The third-order valence-electron chi connectivity index (χ3n) is 4.41. The summed E-state index contributed by atoms with van der Waals surface area (Å²) in [4.78, 5) is 25.1. The molecule has 0 aliphatic carbocycles. The van der Waals surface area contributed by atoms with Crippen LogP contribution in [-0.4, -0.2) is 18.9 Å². The highest BCUT2D eigenvalue weighted by atomic mass is 16.5. The summed E-state index contributed by atoms with van der Waals surface area (Å²) in [5.41, 5.74) is 3.45. The molecule has 0 saturated heterocycles.